The molecule has 0 aliphatic carbocycles. The maximum absolute atomic E-state index is 11.7. The molecular weight excluding hydrogens is 284 g/mol. The highest BCUT2D eigenvalue weighted by Gasteiger charge is 2.32. The zero-order valence-corrected chi connectivity index (χ0v) is 11.2. The molecule has 0 aromatic heterocycles. The smallest absolute Gasteiger partial charge is 0.250 e. The zero-order chi connectivity index (χ0) is 12.3. The Morgan fingerprint density at radius 3 is 2.82 bits per heavy atom. The maximum Gasteiger partial charge on any atom is 0.250 e. The predicted octanol–water partition coefficient (Wildman–Crippen LogP) is 1.77. The summed E-state index contributed by atoms with van der Waals surface area (Å²) >= 11 is 3.37. The number of carbonyl (C=O) groups excluding carboxylic acids is 1. The maximum atomic E-state index is 11.7. The lowest BCUT2D eigenvalue weighted by atomic mass is 10.0. The van der Waals surface area contributed by atoms with Gasteiger partial charge in [-0.05, 0) is 35.0 Å². The summed E-state index contributed by atoms with van der Waals surface area (Å²) in [6.07, 6.45) is 0. The van der Waals surface area contributed by atoms with E-state index in [1.165, 1.54) is 0 Å². The Morgan fingerprint density at radius 1 is 1.53 bits per heavy atom. The number of amides is 1. The number of hydrogen-bond acceptors (Lipinski definition) is 3. The number of para-hydroxylation sites is 1. The Morgan fingerprint density at radius 2 is 2.24 bits per heavy atom. The molecule has 17 heavy (non-hydrogen) atoms. The van der Waals surface area contributed by atoms with Crippen molar-refractivity contribution in [3.8, 4) is 0 Å². The van der Waals surface area contributed by atoms with Crippen molar-refractivity contribution in [3.63, 3.8) is 0 Å². The average molecular weight is 299 g/mol. The van der Waals surface area contributed by atoms with Crippen molar-refractivity contribution in [1.29, 1.82) is 0 Å². The average Bonchev–Trinajstić information content (AvgIpc) is 2.27. The normalized spacial score (nSPS) is 17.3. The fraction of sp³-hybridized carbons (Fsp3) is 0.417. The molecule has 1 aromatic carbocycles. The van der Waals surface area contributed by atoms with Crippen molar-refractivity contribution in [2.45, 2.75) is 12.5 Å². The van der Waals surface area contributed by atoms with E-state index in [1.807, 2.05) is 31.2 Å². The monoisotopic (exact) mass is 298 g/mol. The van der Waals surface area contributed by atoms with E-state index in [2.05, 4.69) is 26.6 Å². The van der Waals surface area contributed by atoms with Crippen LogP contribution in [0.3, 0.4) is 0 Å². The number of nitrogens with one attached hydrogen (secondary N) is 2. The second-order valence-corrected chi connectivity index (χ2v) is 5.22. The van der Waals surface area contributed by atoms with Gasteiger partial charge in [-0.25, -0.2) is 0 Å². The largest absolute Gasteiger partial charge is 0.363 e. The van der Waals surface area contributed by atoms with Gasteiger partial charge in [0.05, 0.1) is 11.3 Å². The van der Waals surface area contributed by atoms with Crippen LogP contribution in [0.5, 0.6) is 0 Å². The van der Waals surface area contributed by atoms with Crippen LogP contribution in [-0.2, 0) is 9.53 Å². The van der Waals surface area contributed by atoms with Gasteiger partial charge in [-0.3, -0.25) is 4.79 Å². The molecule has 0 radical (unpaired) electrons. The molecule has 1 saturated heterocycles. The molecule has 0 bridgehead atoms. The molecule has 1 aliphatic rings. The zero-order valence-electron chi connectivity index (χ0n) is 9.63. The minimum atomic E-state index is -0.189. The molecule has 1 amide bonds. The third-order valence-electron chi connectivity index (χ3n) is 2.70. The highest BCUT2D eigenvalue weighted by molar-refractivity contribution is 9.10. The molecule has 0 atom stereocenters. The number of carbonyl (C=O) groups is 1. The van der Waals surface area contributed by atoms with Gasteiger partial charge in [0.2, 0.25) is 5.91 Å². The summed E-state index contributed by atoms with van der Waals surface area (Å²) in [5.74, 6) is -0.134. The van der Waals surface area contributed by atoms with E-state index in [4.69, 9.17) is 4.74 Å². The lowest BCUT2D eigenvalue weighted by Crippen LogP contribution is -2.59. The Bertz CT molecular complexity index is 419. The van der Waals surface area contributed by atoms with Crippen LogP contribution in [0.2, 0.25) is 0 Å². The van der Waals surface area contributed by atoms with Gasteiger partial charge in [0.15, 0.2) is 0 Å². The summed E-state index contributed by atoms with van der Waals surface area (Å²) in [5.41, 5.74) is 0.573. The molecule has 1 aromatic rings. The first-order chi connectivity index (χ1) is 8.09. The van der Waals surface area contributed by atoms with E-state index in [1.54, 1.807) is 0 Å². The van der Waals surface area contributed by atoms with Gasteiger partial charge in [-0.2, -0.15) is 0 Å². The third-order valence-corrected chi connectivity index (χ3v) is 3.39. The first-order valence-electron chi connectivity index (χ1n) is 5.48. The number of hydrogen-bond donors (Lipinski definition) is 2. The van der Waals surface area contributed by atoms with Gasteiger partial charge in [-0.1, -0.05) is 12.1 Å². The Hall–Kier alpha value is -0.910. The van der Waals surface area contributed by atoms with E-state index in [-0.39, 0.29) is 18.1 Å². The third kappa shape index (κ3) is 3.28. The lowest BCUT2D eigenvalue weighted by Gasteiger charge is -2.38. The molecule has 1 aliphatic heterocycles. The van der Waals surface area contributed by atoms with E-state index in [0.29, 0.717) is 0 Å². The Labute approximate surface area is 109 Å². The minimum Gasteiger partial charge on any atom is -0.363 e. The summed E-state index contributed by atoms with van der Waals surface area (Å²) in [4.78, 5) is 11.7. The highest BCUT2D eigenvalue weighted by Crippen LogP contribution is 2.21. The fourth-order valence-electron chi connectivity index (χ4n) is 1.57. The molecule has 2 rings (SSSR count). The van der Waals surface area contributed by atoms with Gasteiger partial charge in [-0.15, -0.1) is 0 Å². The van der Waals surface area contributed by atoms with E-state index in [9.17, 15) is 4.79 Å². The van der Waals surface area contributed by atoms with Crippen LogP contribution >= 0.6 is 15.9 Å². The van der Waals surface area contributed by atoms with Gasteiger partial charge in [0.1, 0.15) is 6.61 Å². The molecule has 0 unspecified atom stereocenters. The first-order valence-corrected chi connectivity index (χ1v) is 6.27. The molecule has 0 saturated carbocycles. The molecule has 2 N–H and O–H groups in total. The molecular formula is C12H15BrN2O2. The number of rotatable bonds is 4. The van der Waals surface area contributed by atoms with Crippen LogP contribution in [0, 0.1) is 0 Å². The first kappa shape index (κ1) is 12.5. The van der Waals surface area contributed by atoms with E-state index in [0.717, 1.165) is 23.2 Å². The van der Waals surface area contributed by atoms with E-state index < -0.39 is 0 Å². The molecule has 92 valence electrons. The Balaban J connectivity index is 1.83. The van der Waals surface area contributed by atoms with Crippen molar-refractivity contribution in [3.05, 3.63) is 28.7 Å². The SMILES string of the molecule is CC1(OCC(=O)Nc2ccccc2Br)CNC1. The quantitative estimate of drug-likeness (QED) is 0.891. The van der Waals surface area contributed by atoms with Gasteiger partial charge in [0, 0.05) is 17.6 Å². The van der Waals surface area contributed by atoms with Gasteiger partial charge >= 0.3 is 0 Å². The fourth-order valence-corrected chi connectivity index (χ4v) is 1.95. The van der Waals surface area contributed by atoms with Crippen LogP contribution < -0.4 is 10.6 Å². The summed E-state index contributed by atoms with van der Waals surface area (Å²) in [7, 11) is 0. The minimum absolute atomic E-state index is 0.0829. The van der Waals surface area contributed by atoms with Crippen LogP contribution in [0.1, 0.15) is 6.92 Å². The highest BCUT2D eigenvalue weighted by atomic mass is 79.9. The Kier molecular flexibility index (Phi) is 3.81. The van der Waals surface area contributed by atoms with Gasteiger partial charge < -0.3 is 15.4 Å². The predicted molar refractivity (Wildman–Crippen MR) is 70.0 cm³/mol. The lowest BCUT2D eigenvalue weighted by molar-refractivity contribution is -0.130. The molecule has 1 fully saturated rings. The second kappa shape index (κ2) is 5.16. The standard InChI is InChI=1S/C12H15BrN2O2/c1-12(7-14-8-12)17-6-11(16)15-10-5-3-2-4-9(10)13/h2-5,14H,6-8H2,1H3,(H,15,16). The van der Waals surface area contributed by atoms with E-state index >= 15 is 0 Å². The van der Waals surface area contributed by atoms with Crippen LogP contribution in [0.25, 0.3) is 0 Å². The van der Waals surface area contributed by atoms with Crippen LogP contribution in [-0.4, -0.2) is 31.2 Å². The van der Waals surface area contributed by atoms with Crippen molar-refractivity contribution in [2.24, 2.45) is 0 Å². The molecule has 1 heterocycles. The number of benzene rings is 1. The molecule has 4 nitrogen and oxygen atoms in total. The van der Waals surface area contributed by atoms with Crippen molar-refractivity contribution in [1.82, 2.24) is 5.32 Å². The topological polar surface area (TPSA) is 50.4 Å². The van der Waals surface area contributed by atoms with Crippen LogP contribution in [0.4, 0.5) is 5.69 Å². The summed E-state index contributed by atoms with van der Waals surface area (Å²) in [6, 6.07) is 7.50. The van der Waals surface area contributed by atoms with Gasteiger partial charge in [0.25, 0.3) is 0 Å². The summed E-state index contributed by atoms with van der Waals surface area (Å²) < 4.78 is 6.42. The summed E-state index contributed by atoms with van der Waals surface area (Å²) in [6.45, 7) is 3.68. The second-order valence-electron chi connectivity index (χ2n) is 4.37. The van der Waals surface area contributed by atoms with Crippen molar-refractivity contribution < 1.29 is 9.53 Å². The van der Waals surface area contributed by atoms with Crippen molar-refractivity contribution >= 4 is 27.5 Å². The summed E-state index contributed by atoms with van der Waals surface area (Å²) in [5, 5.41) is 5.92. The number of ether oxygens (including phenoxy) is 1. The number of halogens is 1. The molecule has 0 spiro atoms. The van der Waals surface area contributed by atoms with Crippen LogP contribution in [0.15, 0.2) is 28.7 Å². The number of anilines is 1. The van der Waals surface area contributed by atoms with Crippen molar-refractivity contribution in [2.75, 3.05) is 25.0 Å². The molecule has 5 heteroatoms.